The summed E-state index contributed by atoms with van der Waals surface area (Å²) in [5, 5.41) is 0. The van der Waals surface area contributed by atoms with E-state index in [1.165, 1.54) is 7.11 Å². The normalized spacial score (nSPS) is 28.2. The fraction of sp³-hybridized carbons (Fsp3) is 0.857. The van der Waals surface area contributed by atoms with Gasteiger partial charge in [-0.15, -0.1) is 0 Å². The molecule has 1 amide bonds. The van der Waals surface area contributed by atoms with Gasteiger partial charge in [0.15, 0.2) is 0 Å². The van der Waals surface area contributed by atoms with Crippen molar-refractivity contribution in [2.24, 2.45) is 0 Å². The van der Waals surface area contributed by atoms with E-state index in [4.69, 9.17) is 9.47 Å². The highest BCUT2D eigenvalue weighted by atomic mass is 16.5. The van der Waals surface area contributed by atoms with Gasteiger partial charge in [0.1, 0.15) is 6.04 Å². The first-order valence-electron chi connectivity index (χ1n) is 7.33. The first-order chi connectivity index (χ1) is 9.61. The van der Waals surface area contributed by atoms with Crippen molar-refractivity contribution in [2.75, 3.05) is 39.9 Å². The molecule has 0 unspecified atom stereocenters. The van der Waals surface area contributed by atoms with Crippen molar-refractivity contribution in [1.29, 1.82) is 0 Å². The molecule has 0 radical (unpaired) electrons. The van der Waals surface area contributed by atoms with Crippen molar-refractivity contribution in [3.63, 3.8) is 0 Å². The third-order valence-corrected chi connectivity index (χ3v) is 4.02. The van der Waals surface area contributed by atoms with Gasteiger partial charge in [-0.2, -0.15) is 0 Å². The fourth-order valence-electron chi connectivity index (χ4n) is 2.90. The van der Waals surface area contributed by atoms with E-state index in [1.807, 2.05) is 16.7 Å². The van der Waals surface area contributed by atoms with Crippen LogP contribution in [0.15, 0.2) is 0 Å². The first kappa shape index (κ1) is 15.3. The Labute approximate surface area is 120 Å². The van der Waals surface area contributed by atoms with Gasteiger partial charge in [0.2, 0.25) is 5.91 Å². The summed E-state index contributed by atoms with van der Waals surface area (Å²) >= 11 is 0. The second kappa shape index (κ2) is 7.04. The summed E-state index contributed by atoms with van der Waals surface area (Å²) < 4.78 is 10.3. The van der Waals surface area contributed by atoms with Gasteiger partial charge in [0.05, 0.1) is 26.4 Å². The van der Waals surface area contributed by atoms with Crippen LogP contribution in [0.4, 0.5) is 0 Å². The summed E-state index contributed by atoms with van der Waals surface area (Å²) in [5.74, 6) is -0.149. The molecular formula is C14H24N2O4. The van der Waals surface area contributed by atoms with Crippen LogP contribution < -0.4 is 0 Å². The maximum atomic E-state index is 12.3. The lowest BCUT2D eigenvalue weighted by atomic mass is 10.0. The summed E-state index contributed by atoms with van der Waals surface area (Å²) in [6.07, 6.45) is 2.91. The Bertz CT molecular complexity index is 361. The van der Waals surface area contributed by atoms with E-state index in [0.29, 0.717) is 26.2 Å². The fourth-order valence-corrected chi connectivity index (χ4v) is 2.90. The zero-order chi connectivity index (χ0) is 14.5. The molecular weight excluding hydrogens is 260 g/mol. The number of piperidine rings is 1. The molecule has 6 heteroatoms. The van der Waals surface area contributed by atoms with Gasteiger partial charge >= 0.3 is 5.97 Å². The standard InChI is InChI=1S/C14H24N2O4/c1-11-9-16(7-8-20-11)13(17)10-15-6-4-3-5-12(15)14(18)19-2/h11-12H,3-10H2,1-2H3/t11-,12+/m1/s1. The van der Waals surface area contributed by atoms with Gasteiger partial charge in [-0.25, -0.2) is 0 Å². The summed E-state index contributed by atoms with van der Waals surface area (Å²) in [7, 11) is 1.40. The van der Waals surface area contributed by atoms with Crippen molar-refractivity contribution in [1.82, 2.24) is 9.80 Å². The van der Waals surface area contributed by atoms with Crippen LogP contribution in [0.3, 0.4) is 0 Å². The average molecular weight is 284 g/mol. The third kappa shape index (κ3) is 3.70. The number of nitrogens with zero attached hydrogens (tertiary/aromatic N) is 2. The SMILES string of the molecule is COC(=O)[C@@H]1CCCCN1CC(=O)N1CCO[C@H](C)C1. The van der Waals surface area contributed by atoms with Crippen LogP contribution in [0, 0.1) is 0 Å². The molecule has 6 nitrogen and oxygen atoms in total. The molecule has 2 aliphatic heterocycles. The Balaban J connectivity index is 1.92. The van der Waals surface area contributed by atoms with Crippen molar-refractivity contribution in [2.45, 2.75) is 38.3 Å². The predicted octanol–water partition coefficient (Wildman–Crippen LogP) is 0.261. The number of amides is 1. The van der Waals surface area contributed by atoms with Crippen LogP contribution in [0.1, 0.15) is 26.2 Å². The molecule has 0 N–H and O–H groups in total. The minimum atomic E-state index is -0.267. The molecule has 0 aromatic rings. The molecule has 0 spiro atoms. The number of likely N-dealkylation sites (tertiary alicyclic amines) is 1. The monoisotopic (exact) mass is 284 g/mol. The van der Waals surface area contributed by atoms with Gasteiger partial charge in [-0.05, 0) is 26.3 Å². The molecule has 0 saturated carbocycles. The molecule has 0 bridgehead atoms. The highest BCUT2D eigenvalue weighted by Gasteiger charge is 2.32. The Morgan fingerprint density at radius 1 is 1.30 bits per heavy atom. The quantitative estimate of drug-likeness (QED) is 0.696. The summed E-state index contributed by atoms with van der Waals surface area (Å²) in [4.78, 5) is 27.9. The number of hydrogen-bond acceptors (Lipinski definition) is 5. The van der Waals surface area contributed by atoms with Gasteiger partial charge < -0.3 is 14.4 Å². The Morgan fingerprint density at radius 3 is 2.80 bits per heavy atom. The molecule has 2 aliphatic rings. The van der Waals surface area contributed by atoms with E-state index in [1.54, 1.807) is 0 Å². The Kier molecular flexibility index (Phi) is 5.37. The topological polar surface area (TPSA) is 59.1 Å². The van der Waals surface area contributed by atoms with Crippen molar-refractivity contribution in [3.05, 3.63) is 0 Å². The maximum absolute atomic E-state index is 12.3. The van der Waals surface area contributed by atoms with Gasteiger partial charge in [-0.1, -0.05) is 6.42 Å². The van der Waals surface area contributed by atoms with Crippen LogP contribution in [0.2, 0.25) is 0 Å². The molecule has 2 atom stereocenters. The molecule has 2 saturated heterocycles. The average Bonchev–Trinajstić information content (AvgIpc) is 2.47. The summed E-state index contributed by atoms with van der Waals surface area (Å²) in [6.45, 7) is 4.91. The predicted molar refractivity (Wildman–Crippen MR) is 73.2 cm³/mol. The van der Waals surface area contributed by atoms with E-state index in [9.17, 15) is 9.59 Å². The number of carbonyl (C=O) groups excluding carboxylic acids is 2. The summed E-state index contributed by atoms with van der Waals surface area (Å²) in [6, 6.07) is -0.267. The molecule has 2 rings (SSSR count). The number of carbonyl (C=O) groups is 2. The van der Waals surface area contributed by atoms with Crippen molar-refractivity contribution in [3.8, 4) is 0 Å². The molecule has 20 heavy (non-hydrogen) atoms. The van der Waals surface area contributed by atoms with Crippen LogP contribution in [0.5, 0.6) is 0 Å². The lowest BCUT2D eigenvalue weighted by Gasteiger charge is -2.36. The molecule has 0 aromatic carbocycles. The minimum absolute atomic E-state index is 0.0796. The lowest BCUT2D eigenvalue weighted by Crippen LogP contribution is -2.52. The Morgan fingerprint density at radius 2 is 2.10 bits per heavy atom. The number of rotatable bonds is 3. The number of methoxy groups -OCH3 is 1. The molecule has 114 valence electrons. The zero-order valence-electron chi connectivity index (χ0n) is 12.3. The van der Waals surface area contributed by atoms with E-state index < -0.39 is 0 Å². The van der Waals surface area contributed by atoms with Gasteiger partial charge in [0, 0.05) is 13.1 Å². The second-order valence-electron chi connectivity index (χ2n) is 5.53. The molecule has 2 heterocycles. The zero-order valence-corrected chi connectivity index (χ0v) is 12.3. The van der Waals surface area contributed by atoms with Crippen molar-refractivity contribution < 1.29 is 19.1 Å². The highest BCUT2D eigenvalue weighted by molar-refractivity contribution is 5.80. The third-order valence-electron chi connectivity index (χ3n) is 4.02. The maximum Gasteiger partial charge on any atom is 0.323 e. The van der Waals surface area contributed by atoms with E-state index in [-0.39, 0.29) is 24.0 Å². The van der Waals surface area contributed by atoms with Crippen LogP contribution in [-0.2, 0) is 19.1 Å². The molecule has 0 aromatic heterocycles. The summed E-state index contributed by atoms with van der Waals surface area (Å²) in [5.41, 5.74) is 0. The molecule has 0 aliphatic carbocycles. The van der Waals surface area contributed by atoms with Crippen LogP contribution in [-0.4, -0.2) is 73.7 Å². The highest BCUT2D eigenvalue weighted by Crippen LogP contribution is 2.18. The van der Waals surface area contributed by atoms with Gasteiger partial charge in [0.25, 0.3) is 0 Å². The van der Waals surface area contributed by atoms with E-state index in [0.717, 1.165) is 25.8 Å². The number of hydrogen-bond donors (Lipinski definition) is 0. The van der Waals surface area contributed by atoms with Crippen LogP contribution in [0.25, 0.3) is 0 Å². The van der Waals surface area contributed by atoms with Crippen molar-refractivity contribution >= 4 is 11.9 Å². The van der Waals surface area contributed by atoms with Crippen LogP contribution >= 0.6 is 0 Å². The van der Waals surface area contributed by atoms with E-state index in [2.05, 4.69) is 0 Å². The smallest absolute Gasteiger partial charge is 0.323 e. The largest absolute Gasteiger partial charge is 0.468 e. The number of ether oxygens (including phenoxy) is 2. The molecule has 2 fully saturated rings. The second-order valence-corrected chi connectivity index (χ2v) is 5.53. The van der Waals surface area contributed by atoms with Gasteiger partial charge in [-0.3, -0.25) is 14.5 Å². The number of esters is 1. The van der Waals surface area contributed by atoms with E-state index >= 15 is 0 Å². The first-order valence-corrected chi connectivity index (χ1v) is 7.33. The number of morpholine rings is 1. The lowest BCUT2D eigenvalue weighted by molar-refractivity contribution is -0.150. The Hall–Kier alpha value is -1.14. The minimum Gasteiger partial charge on any atom is -0.468 e.